The Labute approximate surface area is 61.0 Å². The SMILES string of the molecule is O=C1C=CC(=O)N1CO[Si]. The van der Waals surface area contributed by atoms with Gasteiger partial charge in [-0.1, -0.05) is 0 Å². The highest BCUT2D eigenvalue weighted by Crippen LogP contribution is 2.01. The zero-order chi connectivity index (χ0) is 7.56. The minimum atomic E-state index is -0.344. The summed E-state index contributed by atoms with van der Waals surface area (Å²) in [5.74, 6) is -0.688. The Kier molecular flexibility index (Phi) is 1.98. The molecule has 0 aromatic carbocycles. The van der Waals surface area contributed by atoms with Gasteiger partial charge in [0.1, 0.15) is 6.73 Å². The van der Waals surface area contributed by atoms with Crippen LogP contribution in [0.3, 0.4) is 0 Å². The van der Waals surface area contributed by atoms with Gasteiger partial charge < -0.3 is 4.43 Å². The van der Waals surface area contributed by atoms with Crippen molar-refractivity contribution in [1.82, 2.24) is 4.90 Å². The normalized spacial score (nSPS) is 17.1. The summed E-state index contributed by atoms with van der Waals surface area (Å²) in [5.41, 5.74) is 0. The van der Waals surface area contributed by atoms with Gasteiger partial charge >= 0.3 is 0 Å². The van der Waals surface area contributed by atoms with Crippen LogP contribution in [0.5, 0.6) is 0 Å². The molecule has 2 amide bonds. The van der Waals surface area contributed by atoms with E-state index in [9.17, 15) is 9.59 Å². The second kappa shape index (κ2) is 2.76. The highest BCUT2D eigenvalue weighted by Gasteiger charge is 2.22. The lowest BCUT2D eigenvalue weighted by atomic mass is 10.6. The highest BCUT2D eigenvalue weighted by atomic mass is 28.2. The first-order valence-corrected chi connectivity index (χ1v) is 2.98. The standard InChI is InChI=1S/C5H4NO3Si/c7-4-1-2-5(8)6(4)3-9-10/h1-2H,3H2. The van der Waals surface area contributed by atoms with E-state index in [0.29, 0.717) is 0 Å². The monoisotopic (exact) mass is 154 g/mol. The highest BCUT2D eigenvalue weighted by molar-refractivity contribution is 6.13. The van der Waals surface area contributed by atoms with Crippen molar-refractivity contribution >= 4 is 22.3 Å². The van der Waals surface area contributed by atoms with Crippen molar-refractivity contribution in [1.29, 1.82) is 0 Å². The molecule has 0 saturated carbocycles. The average Bonchev–Trinajstić information content (AvgIpc) is 2.20. The molecule has 0 aromatic rings. The lowest BCUT2D eigenvalue weighted by molar-refractivity contribution is -0.139. The van der Waals surface area contributed by atoms with E-state index in [1.165, 1.54) is 12.2 Å². The van der Waals surface area contributed by atoms with Crippen molar-refractivity contribution in [3.8, 4) is 0 Å². The molecule has 0 unspecified atom stereocenters. The number of rotatable bonds is 2. The molecule has 0 bridgehead atoms. The van der Waals surface area contributed by atoms with E-state index in [0.717, 1.165) is 4.90 Å². The molecule has 4 nitrogen and oxygen atoms in total. The van der Waals surface area contributed by atoms with E-state index in [1.807, 2.05) is 0 Å². The van der Waals surface area contributed by atoms with Gasteiger partial charge in [-0.05, 0) is 0 Å². The van der Waals surface area contributed by atoms with Crippen LogP contribution >= 0.6 is 0 Å². The van der Waals surface area contributed by atoms with E-state index < -0.39 is 0 Å². The maximum absolute atomic E-state index is 10.7. The first-order chi connectivity index (χ1) is 4.75. The minimum absolute atomic E-state index is 0.0540. The Balaban J connectivity index is 2.60. The van der Waals surface area contributed by atoms with Crippen LogP contribution in [-0.4, -0.2) is 33.9 Å². The van der Waals surface area contributed by atoms with Gasteiger partial charge in [0, 0.05) is 12.2 Å². The molecule has 5 heteroatoms. The van der Waals surface area contributed by atoms with Gasteiger partial charge in [0.05, 0.1) is 0 Å². The number of carbonyl (C=O) groups is 2. The number of hydrogen-bond acceptors (Lipinski definition) is 3. The van der Waals surface area contributed by atoms with Crippen LogP contribution in [0.1, 0.15) is 0 Å². The summed E-state index contributed by atoms with van der Waals surface area (Å²) in [4.78, 5) is 22.3. The molecule has 0 N–H and O–H groups in total. The fourth-order valence-electron chi connectivity index (χ4n) is 0.623. The Morgan fingerprint density at radius 3 is 2.30 bits per heavy atom. The number of nitrogens with zero attached hydrogens (tertiary/aromatic N) is 1. The van der Waals surface area contributed by atoms with Crippen molar-refractivity contribution < 1.29 is 14.0 Å². The maximum atomic E-state index is 10.7. The van der Waals surface area contributed by atoms with Gasteiger partial charge in [0.2, 0.25) is 10.5 Å². The Bertz CT molecular complexity index is 183. The van der Waals surface area contributed by atoms with Gasteiger partial charge in [-0.2, -0.15) is 0 Å². The Morgan fingerprint density at radius 1 is 1.40 bits per heavy atom. The lowest BCUT2D eigenvalue weighted by Gasteiger charge is -2.10. The molecule has 1 rings (SSSR count). The zero-order valence-corrected chi connectivity index (χ0v) is 6.03. The third-order valence-electron chi connectivity index (χ3n) is 1.09. The fourth-order valence-corrected chi connectivity index (χ4v) is 0.752. The largest absolute Gasteiger partial charge is 0.401 e. The summed E-state index contributed by atoms with van der Waals surface area (Å²) in [6, 6.07) is 0. The smallest absolute Gasteiger partial charge is 0.255 e. The minimum Gasteiger partial charge on any atom is -0.401 e. The summed E-state index contributed by atoms with van der Waals surface area (Å²) >= 11 is 0. The van der Waals surface area contributed by atoms with Crippen LogP contribution < -0.4 is 0 Å². The Morgan fingerprint density at radius 2 is 1.90 bits per heavy atom. The Hall–Kier alpha value is -0.943. The lowest BCUT2D eigenvalue weighted by Crippen LogP contribution is -2.31. The molecule has 1 heterocycles. The van der Waals surface area contributed by atoms with Crippen LogP contribution in [0.25, 0.3) is 0 Å². The quantitative estimate of drug-likeness (QED) is 0.377. The summed E-state index contributed by atoms with van der Waals surface area (Å²) in [7, 11) is 2.69. The van der Waals surface area contributed by atoms with Crippen LogP contribution in [0.4, 0.5) is 0 Å². The van der Waals surface area contributed by atoms with E-state index in [-0.39, 0.29) is 18.5 Å². The number of carbonyl (C=O) groups excluding carboxylic acids is 2. The molecule has 51 valence electrons. The molecule has 3 radical (unpaired) electrons. The molecule has 1 aliphatic rings. The summed E-state index contributed by atoms with van der Waals surface area (Å²) in [5, 5.41) is 0. The average molecular weight is 154 g/mol. The number of amides is 2. The van der Waals surface area contributed by atoms with Gasteiger partial charge in [0.15, 0.2) is 0 Å². The van der Waals surface area contributed by atoms with Gasteiger partial charge in [0.25, 0.3) is 11.8 Å². The number of hydrogen-bond donors (Lipinski definition) is 0. The fraction of sp³-hybridized carbons (Fsp3) is 0.200. The second-order valence-corrected chi connectivity index (χ2v) is 2.00. The van der Waals surface area contributed by atoms with E-state index in [1.54, 1.807) is 0 Å². The molecule has 0 aromatic heterocycles. The van der Waals surface area contributed by atoms with Crippen LogP contribution in [0.2, 0.25) is 0 Å². The zero-order valence-electron chi connectivity index (χ0n) is 5.03. The van der Waals surface area contributed by atoms with E-state index in [2.05, 4.69) is 14.9 Å². The van der Waals surface area contributed by atoms with Crippen molar-refractivity contribution in [2.24, 2.45) is 0 Å². The molecular weight excluding hydrogens is 150 g/mol. The molecule has 0 fully saturated rings. The van der Waals surface area contributed by atoms with E-state index in [4.69, 9.17) is 0 Å². The first kappa shape index (κ1) is 7.17. The summed E-state index contributed by atoms with van der Waals surface area (Å²) in [6.45, 7) is -0.0540. The molecule has 1 aliphatic heterocycles. The van der Waals surface area contributed by atoms with Crippen LogP contribution in [-0.2, 0) is 14.0 Å². The summed E-state index contributed by atoms with van der Waals surface area (Å²) in [6.07, 6.45) is 2.40. The van der Waals surface area contributed by atoms with Crippen LogP contribution in [0, 0.1) is 0 Å². The predicted molar refractivity (Wildman–Crippen MR) is 32.7 cm³/mol. The predicted octanol–water partition coefficient (Wildman–Crippen LogP) is -1.03. The second-order valence-electron chi connectivity index (χ2n) is 1.71. The van der Waals surface area contributed by atoms with Gasteiger partial charge in [-0.15, -0.1) is 0 Å². The van der Waals surface area contributed by atoms with Crippen molar-refractivity contribution in [2.75, 3.05) is 6.73 Å². The molecule has 10 heavy (non-hydrogen) atoms. The molecule has 0 saturated heterocycles. The molecule has 0 spiro atoms. The van der Waals surface area contributed by atoms with Gasteiger partial charge in [-0.25, -0.2) is 0 Å². The third kappa shape index (κ3) is 1.14. The van der Waals surface area contributed by atoms with Crippen LogP contribution in [0.15, 0.2) is 12.2 Å². The topological polar surface area (TPSA) is 46.6 Å². The van der Waals surface area contributed by atoms with Crippen molar-refractivity contribution in [3.63, 3.8) is 0 Å². The third-order valence-corrected chi connectivity index (χ3v) is 1.22. The van der Waals surface area contributed by atoms with Crippen molar-refractivity contribution in [3.05, 3.63) is 12.2 Å². The molecular formula is C5H4NO3Si. The van der Waals surface area contributed by atoms with E-state index >= 15 is 0 Å². The van der Waals surface area contributed by atoms with Gasteiger partial charge in [-0.3, -0.25) is 14.5 Å². The van der Waals surface area contributed by atoms with Crippen molar-refractivity contribution in [2.45, 2.75) is 0 Å². The molecule has 0 aliphatic carbocycles. The summed E-state index contributed by atoms with van der Waals surface area (Å²) < 4.78 is 4.42. The maximum Gasteiger partial charge on any atom is 0.255 e. The molecule has 0 atom stereocenters. The number of imide groups is 1. The first-order valence-electron chi connectivity index (χ1n) is 2.58.